The van der Waals surface area contributed by atoms with Crippen molar-refractivity contribution in [1.29, 1.82) is 0 Å². The Labute approximate surface area is 91.3 Å². The normalized spacial score (nSPS) is 11.6. The predicted molar refractivity (Wildman–Crippen MR) is 62.3 cm³/mol. The summed E-state index contributed by atoms with van der Waals surface area (Å²) in [5.74, 6) is 5.93. The standard InChI is InChI=1S/C13H15Cl/c1-2-3-4-8-11-13(14)12-9-6-5-7-10-12/h5-7,9-10,13H,4,8,11H2,1H3. The number of alkyl halides is 1. The maximum absolute atomic E-state index is 6.24. The molecule has 0 aliphatic rings. The number of hydrogen-bond donors (Lipinski definition) is 0. The van der Waals surface area contributed by atoms with Gasteiger partial charge in [-0.3, -0.25) is 0 Å². The van der Waals surface area contributed by atoms with Crippen LogP contribution in [0.25, 0.3) is 0 Å². The van der Waals surface area contributed by atoms with Crippen LogP contribution in [-0.4, -0.2) is 0 Å². The van der Waals surface area contributed by atoms with E-state index >= 15 is 0 Å². The van der Waals surface area contributed by atoms with Gasteiger partial charge in [-0.1, -0.05) is 30.3 Å². The Morgan fingerprint density at radius 2 is 2.00 bits per heavy atom. The molecule has 0 nitrogen and oxygen atoms in total. The van der Waals surface area contributed by atoms with Crippen LogP contribution in [-0.2, 0) is 0 Å². The van der Waals surface area contributed by atoms with Crippen LogP contribution in [0.5, 0.6) is 0 Å². The van der Waals surface area contributed by atoms with Crippen molar-refractivity contribution in [2.24, 2.45) is 0 Å². The molecule has 0 bridgehead atoms. The molecule has 1 unspecified atom stereocenters. The number of rotatable bonds is 4. The molecule has 0 fully saturated rings. The van der Waals surface area contributed by atoms with E-state index in [0.717, 1.165) is 19.3 Å². The van der Waals surface area contributed by atoms with Gasteiger partial charge in [0.05, 0.1) is 5.38 Å². The van der Waals surface area contributed by atoms with Crippen LogP contribution in [0.1, 0.15) is 37.1 Å². The van der Waals surface area contributed by atoms with E-state index in [2.05, 4.69) is 24.0 Å². The highest BCUT2D eigenvalue weighted by Crippen LogP contribution is 2.25. The van der Waals surface area contributed by atoms with Crippen molar-refractivity contribution in [3.63, 3.8) is 0 Å². The van der Waals surface area contributed by atoms with E-state index in [0.29, 0.717) is 0 Å². The van der Waals surface area contributed by atoms with Crippen molar-refractivity contribution in [3.05, 3.63) is 35.9 Å². The van der Waals surface area contributed by atoms with Gasteiger partial charge in [-0.2, -0.15) is 0 Å². The van der Waals surface area contributed by atoms with E-state index in [1.165, 1.54) is 5.56 Å². The van der Waals surface area contributed by atoms with Crippen LogP contribution in [0, 0.1) is 11.8 Å². The Hall–Kier alpha value is -0.930. The summed E-state index contributed by atoms with van der Waals surface area (Å²) in [5, 5.41) is 0.134. The predicted octanol–water partition coefficient (Wildman–Crippen LogP) is 4.16. The number of unbranched alkanes of at least 4 members (excludes halogenated alkanes) is 1. The third-order valence-corrected chi connectivity index (χ3v) is 2.57. The number of benzene rings is 1. The Bertz CT molecular complexity index is 305. The monoisotopic (exact) mass is 206 g/mol. The Morgan fingerprint density at radius 3 is 2.64 bits per heavy atom. The third-order valence-electron chi connectivity index (χ3n) is 2.10. The molecule has 0 aromatic heterocycles. The van der Waals surface area contributed by atoms with Gasteiger partial charge in [0.2, 0.25) is 0 Å². The zero-order chi connectivity index (χ0) is 10.2. The van der Waals surface area contributed by atoms with E-state index in [1.807, 2.05) is 25.1 Å². The van der Waals surface area contributed by atoms with Gasteiger partial charge in [-0.15, -0.1) is 23.4 Å². The van der Waals surface area contributed by atoms with E-state index in [9.17, 15) is 0 Å². The SMILES string of the molecule is CC#CCCCC(Cl)c1ccccc1. The summed E-state index contributed by atoms with van der Waals surface area (Å²) in [7, 11) is 0. The molecule has 1 heteroatoms. The van der Waals surface area contributed by atoms with Gasteiger partial charge < -0.3 is 0 Å². The quantitative estimate of drug-likeness (QED) is 0.394. The van der Waals surface area contributed by atoms with Crippen molar-refractivity contribution in [2.75, 3.05) is 0 Å². The minimum atomic E-state index is 0.134. The van der Waals surface area contributed by atoms with Crippen LogP contribution in [0.3, 0.4) is 0 Å². The summed E-state index contributed by atoms with van der Waals surface area (Å²) in [4.78, 5) is 0. The second kappa shape index (κ2) is 6.51. The van der Waals surface area contributed by atoms with Crippen molar-refractivity contribution in [3.8, 4) is 11.8 Å². The second-order valence-electron chi connectivity index (χ2n) is 3.20. The molecule has 1 atom stereocenters. The molecule has 0 saturated carbocycles. The van der Waals surface area contributed by atoms with Crippen molar-refractivity contribution >= 4 is 11.6 Å². The van der Waals surface area contributed by atoms with Crippen LogP contribution in [0.4, 0.5) is 0 Å². The largest absolute Gasteiger partial charge is 0.118 e. The average Bonchev–Trinajstić information content (AvgIpc) is 2.25. The van der Waals surface area contributed by atoms with Crippen LogP contribution in [0.2, 0.25) is 0 Å². The van der Waals surface area contributed by atoms with Gasteiger partial charge in [0.15, 0.2) is 0 Å². The summed E-state index contributed by atoms with van der Waals surface area (Å²) in [5.41, 5.74) is 1.21. The van der Waals surface area contributed by atoms with Gasteiger partial charge >= 0.3 is 0 Å². The maximum Gasteiger partial charge on any atom is 0.0585 e. The number of hydrogen-bond acceptors (Lipinski definition) is 0. The molecule has 0 radical (unpaired) electrons. The first-order valence-corrected chi connectivity index (χ1v) is 5.37. The van der Waals surface area contributed by atoms with Gasteiger partial charge in [-0.05, 0) is 25.3 Å². The zero-order valence-corrected chi connectivity index (χ0v) is 9.22. The van der Waals surface area contributed by atoms with Crippen molar-refractivity contribution < 1.29 is 0 Å². The number of halogens is 1. The summed E-state index contributed by atoms with van der Waals surface area (Å²) in [6.07, 6.45) is 3.02. The molecule has 0 spiro atoms. The van der Waals surface area contributed by atoms with Gasteiger partial charge in [0.25, 0.3) is 0 Å². The molecule has 0 N–H and O–H groups in total. The molecular weight excluding hydrogens is 192 g/mol. The lowest BCUT2D eigenvalue weighted by molar-refractivity contribution is 0.736. The first-order valence-electron chi connectivity index (χ1n) is 4.93. The first-order chi connectivity index (χ1) is 6.84. The average molecular weight is 207 g/mol. The molecular formula is C13H15Cl. The molecule has 0 saturated heterocycles. The highest BCUT2D eigenvalue weighted by atomic mass is 35.5. The lowest BCUT2D eigenvalue weighted by Crippen LogP contribution is -1.89. The minimum absolute atomic E-state index is 0.134. The topological polar surface area (TPSA) is 0 Å². The summed E-state index contributed by atoms with van der Waals surface area (Å²) in [6.45, 7) is 1.87. The molecule has 1 rings (SSSR count). The Morgan fingerprint density at radius 1 is 1.29 bits per heavy atom. The molecule has 14 heavy (non-hydrogen) atoms. The lowest BCUT2D eigenvalue weighted by Gasteiger charge is -2.07. The summed E-state index contributed by atoms with van der Waals surface area (Å²) < 4.78 is 0. The van der Waals surface area contributed by atoms with E-state index in [-0.39, 0.29) is 5.38 Å². The molecule has 0 heterocycles. The third kappa shape index (κ3) is 3.85. The van der Waals surface area contributed by atoms with Gasteiger partial charge in [-0.25, -0.2) is 0 Å². The van der Waals surface area contributed by atoms with Gasteiger partial charge in [0.1, 0.15) is 0 Å². The molecule has 0 aliphatic heterocycles. The molecule has 0 amide bonds. The maximum atomic E-state index is 6.24. The highest BCUT2D eigenvalue weighted by Gasteiger charge is 2.05. The fourth-order valence-corrected chi connectivity index (χ4v) is 1.62. The summed E-state index contributed by atoms with van der Waals surface area (Å²) >= 11 is 6.24. The van der Waals surface area contributed by atoms with E-state index in [1.54, 1.807) is 0 Å². The summed E-state index contributed by atoms with van der Waals surface area (Å²) in [6, 6.07) is 10.2. The highest BCUT2D eigenvalue weighted by molar-refractivity contribution is 6.20. The molecule has 1 aromatic rings. The Kier molecular flexibility index (Phi) is 5.19. The van der Waals surface area contributed by atoms with Crippen LogP contribution < -0.4 is 0 Å². The Balaban J connectivity index is 2.34. The minimum Gasteiger partial charge on any atom is -0.118 e. The van der Waals surface area contributed by atoms with Crippen molar-refractivity contribution in [1.82, 2.24) is 0 Å². The first kappa shape index (κ1) is 11.1. The van der Waals surface area contributed by atoms with Crippen LogP contribution >= 0.6 is 11.6 Å². The van der Waals surface area contributed by atoms with Crippen molar-refractivity contribution in [2.45, 2.75) is 31.6 Å². The van der Waals surface area contributed by atoms with E-state index in [4.69, 9.17) is 11.6 Å². The molecule has 74 valence electrons. The smallest absolute Gasteiger partial charge is 0.0585 e. The van der Waals surface area contributed by atoms with Gasteiger partial charge in [0, 0.05) is 6.42 Å². The van der Waals surface area contributed by atoms with Crippen LogP contribution in [0.15, 0.2) is 30.3 Å². The zero-order valence-electron chi connectivity index (χ0n) is 8.46. The fourth-order valence-electron chi connectivity index (χ4n) is 1.32. The fraction of sp³-hybridized carbons (Fsp3) is 0.385. The molecule has 0 aliphatic carbocycles. The molecule has 1 aromatic carbocycles. The van der Waals surface area contributed by atoms with E-state index < -0.39 is 0 Å². The lowest BCUT2D eigenvalue weighted by atomic mass is 10.1. The second-order valence-corrected chi connectivity index (χ2v) is 3.72.